The Morgan fingerprint density at radius 1 is 1.14 bits per heavy atom. The van der Waals surface area contributed by atoms with Crippen molar-refractivity contribution in [3.8, 4) is 0 Å². The largest absolute Gasteiger partial charge is 0.343 e. The Balaban J connectivity index is 1.83. The topological polar surface area (TPSA) is 71.4 Å². The molecule has 3 rings (SSSR count). The van der Waals surface area contributed by atoms with E-state index < -0.39 is 10.0 Å². The molecule has 1 aromatic heterocycles. The molecule has 0 aliphatic carbocycles. The van der Waals surface area contributed by atoms with E-state index in [0.717, 1.165) is 12.8 Å². The SMILES string of the molecule is Cc1c(S(=O)(=O)N2CCC(C)CC2)cc(C(=O)Nc2ccc(C(C)C)cc2)n1C. The number of carbonyl (C=O) groups is 1. The van der Waals surface area contributed by atoms with Gasteiger partial charge in [0.15, 0.2) is 0 Å². The van der Waals surface area contributed by atoms with Crippen molar-refractivity contribution in [2.75, 3.05) is 18.4 Å². The third-order valence-corrected chi connectivity index (χ3v) is 7.93. The molecule has 1 aromatic carbocycles. The number of rotatable bonds is 5. The number of nitrogens with one attached hydrogen (secondary N) is 1. The minimum Gasteiger partial charge on any atom is -0.343 e. The Hall–Kier alpha value is -2.12. The molecule has 0 radical (unpaired) electrons. The average Bonchev–Trinajstić information content (AvgIpc) is 2.98. The maximum Gasteiger partial charge on any atom is 0.272 e. The maximum atomic E-state index is 13.1. The van der Waals surface area contributed by atoms with E-state index in [4.69, 9.17) is 0 Å². The summed E-state index contributed by atoms with van der Waals surface area (Å²) in [5.74, 6) is 0.643. The number of carbonyl (C=O) groups excluding carboxylic acids is 1. The van der Waals surface area contributed by atoms with E-state index in [2.05, 4.69) is 26.1 Å². The Morgan fingerprint density at radius 2 is 1.72 bits per heavy atom. The number of anilines is 1. The zero-order valence-corrected chi connectivity index (χ0v) is 18.7. The molecular formula is C22H31N3O3S. The number of amides is 1. The van der Waals surface area contributed by atoms with E-state index >= 15 is 0 Å². The fraction of sp³-hybridized carbons (Fsp3) is 0.500. The third-order valence-electron chi connectivity index (χ3n) is 5.92. The highest BCUT2D eigenvalue weighted by Gasteiger charge is 2.32. The molecule has 1 aliphatic rings. The fourth-order valence-electron chi connectivity index (χ4n) is 3.66. The van der Waals surface area contributed by atoms with Crippen LogP contribution in [0.4, 0.5) is 5.69 Å². The first-order valence-corrected chi connectivity index (χ1v) is 11.6. The predicted octanol–water partition coefficient (Wildman–Crippen LogP) is 4.13. The second-order valence-corrected chi connectivity index (χ2v) is 10.3. The van der Waals surface area contributed by atoms with Gasteiger partial charge in [0.2, 0.25) is 10.0 Å². The summed E-state index contributed by atoms with van der Waals surface area (Å²) in [5, 5.41) is 2.87. The molecule has 0 unspecified atom stereocenters. The van der Waals surface area contributed by atoms with Gasteiger partial charge in [-0.25, -0.2) is 8.42 Å². The lowest BCUT2D eigenvalue weighted by Gasteiger charge is -2.29. The number of piperidine rings is 1. The van der Waals surface area contributed by atoms with Gasteiger partial charge in [-0.15, -0.1) is 0 Å². The van der Waals surface area contributed by atoms with Crippen LogP contribution in [0.25, 0.3) is 0 Å². The summed E-state index contributed by atoms with van der Waals surface area (Å²) in [6, 6.07) is 9.22. The second kappa shape index (κ2) is 8.32. The van der Waals surface area contributed by atoms with Gasteiger partial charge in [-0.05, 0) is 55.4 Å². The third kappa shape index (κ3) is 4.41. The lowest BCUT2D eigenvalue weighted by molar-refractivity contribution is 0.101. The van der Waals surface area contributed by atoms with Gasteiger partial charge in [0.05, 0.1) is 0 Å². The summed E-state index contributed by atoms with van der Waals surface area (Å²) in [6.07, 6.45) is 1.73. The minimum absolute atomic E-state index is 0.217. The van der Waals surface area contributed by atoms with Crippen LogP contribution in [0.2, 0.25) is 0 Å². The molecule has 158 valence electrons. The average molecular weight is 418 g/mol. The second-order valence-electron chi connectivity index (χ2n) is 8.36. The van der Waals surface area contributed by atoms with Gasteiger partial charge in [-0.2, -0.15) is 4.31 Å². The molecule has 6 nitrogen and oxygen atoms in total. The van der Waals surface area contributed by atoms with Crippen LogP contribution in [0.1, 0.15) is 61.3 Å². The number of aromatic nitrogens is 1. The Kier molecular flexibility index (Phi) is 6.19. The van der Waals surface area contributed by atoms with Crippen LogP contribution < -0.4 is 5.32 Å². The molecule has 1 aliphatic heterocycles. The molecular weight excluding hydrogens is 386 g/mol. The molecule has 0 saturated carbocycles. The molecule has 0 bridgehead atoms. The summed E-state index contributed by atoms with van der Waals surface area (Å²) < 4.78 is 29.5. The van der Waals surface area contributed by atoms with Gasteiger partial charge in [-0.1, -0.05) is 32.9 Å². The molecule has 1 saturated heterocycles. The van der Waals surface area contributed by atoms with Crippen molar-refractivity contribution in [3.63, 3.8) is 0 Å². The van der Waals surface area contributed by atoms with Crippen molar-refractivity contribution >= 4 is 21.6 Å². The van der Waals surface area contributed by atoms with Gasteiger partial charge in [0, 0.05) is 31.5 Å². The number of benzene rings is 1. The summed E-state index contributed by atoms with van der Waals surface area (Å²) in [6.45, 7) is 9.18. The van der Waals surface area contributed by atoms with Gasteiger partial charge in [-0.3, -0.25) is 4.79 Å². The molecule has 1 amide bonds. The van der Waals surface area contributed by atoms with Gasteiger partial charge < -0.3 is 9.88 Å². The number of sulfonamides is 1. The van der Waals surface area contributed by atoms with Crippen molar-refractivity contribution in [3.05, 3.63) is 47.3 Å². The van der Waals surface area contributed by atoms with E-state index in [1.54, 1.807) is 22.8 Å². The quantitative estimate of drug-likeness (QED) is 0.795. The van der Waals surface area contributed by atoms with Crippen molar-refractivity contribution in [2.24, 2.45) is 13.0 Å². The van der Waals surface area contributed by atoms with E-state index in [-0.39, 0.29) is 10.8 Å². The zero-order chi connectivity index (χ0) is 21.3. The van der Waals surface area contributed by atoms with Crippen molar-refractivity contribution in [1.29, 1.82) is 0 Å². The van der Waals surface area contributed by atoms with E-state index in [9.17, 15) is 13.2 Å². The fourth-order valence-corrected chi connectivity index (χ4v) is 5.40. The number of nitrogens with zero attached hydrogens (tertiary/aromatic N) is 2. The molecule has 7 heteroatoms. The lowest BCUT2D eigenvalue weighted by Crippen LogP contribution is -2.38. The van der Waals surface area contributed by atoms with Gasteiger partial charge in [0.25, 0.3) is 5.91 Å². The highest BCUT2D eigenvalue weighted by atomic mass is 32.2. The van der Waals surface area contributed by atoms with Gasteiger partial charge >= 0.3 is 0 Å². The Labute approximate surface area is 174 Å². The first-order chi connectivity index (χ1) is 13.6. The van der Waals surface area contributed by atoms with Crippen LogP contribution in [0.3, 0.4) is 0 Å². The molecule has 0 spiro atoms. The van der Waals surface area contributed by atoms with E-state index in [1.807, 2.05) is 24.3 Å². The Bertz CT molecular complexity index is 983. The molecule has 1 fully saturated rings. The highest BCUT2D eigenvalue weighted by molar-refractivity contribution is 7.89. The van der Waals surface area contributed by atoms with E-state index in [1.165, 1.54) is 11.6 Å². The Morgan fingerprint density at radius 3 is 2.28 bits per heavy atom. The van der Waals surface area contributed by atoms with Crippen LogP contribution in [-0.4, -0.2) is 36.3 Å². The molecule has 29 heavy (non-hydrogen) atoms. The normalized spacial score (nSPS) is 16.3. The smallest absolute Gasteiger partial charge is 0.272 e. The van der Waals surface area contributed by atoms with Crippen LogP contribution in [0.5, 0.6) is 0 Å². The monoisotopic (exact) mass is 417 g/mol. The van der Waals surface area contributed by atoms with Crippen LogP contribution in [0.15, 0.2) is 35.2 Å². The molecule has 2 aromatic rings. The summed E-state index contributed by atoms with van der Waals surface area (Å²) in [5.41, 5.74) is 2.79. The highest BCUT2D eigenvalue weighted by Crippen LogP contribution is 2.28. The minimum atomic E-state index is -3.61. The molecule has 1 N–H and O–H groups in total. The van der Waals surface area contributed by atoms with Crippen molar-refractivity contribution in [2.45, 2.75) is 51.3 Å². The number of hydrogen-bond acceptors (Lipinski definition) is 3. The van der Waals surface area contributed by atoms with Crippen LogP contribution >= 0.6 is 0 Å². The summed E-state index contributed by atoms with van der Waals surface area (Å²) in [4.78, 5) is 13.0. The van der Waals surface area contributed by atoms with Crippen molar-refractivity contribution in [1.82, 2.24) is 8.87 Å². The zero-order valence-electron chi connectivity index (χ0n) is 17.9. The standard InChI is InChI=1S/C22H31N3O3S/c1-15(2)18-6-8-19(9-7-18)23-22(26)20-14-21(17(4)24(20)5)29(27,28)25-12-10-16(3)11-13-25/h6-9,14-16H,10-13H2,1-5H3,(H,23,26). The number of hydrogen-bond donors (Lipinski definition) is 1. The first-order valence-electron chi connectivity index (χ1n) is 10.2. The molecule has 0 atom stereocenters. The first kappa shape index (κ1) is 21.6. The van der Waals surface area contributed by atoms with Gasteiger partial charge in [0.1, 0.15) is 10.6 Å². The maximum absolute atomic E-state index is 13.1. The van der Waals surface area contributed by atoms with Crippen LogP contribution in [0, 0.1) is 12.8 Å². The summed E-state index contributed by atoms with van der Waals surface area (Å²) >= 11 is 0. The lowest BCUT2D eigenvalue weighted by atomic mass is 10.0. The van der Waals surface area contributed by atoms with E-state index in [0.29, 0.717) is 42.0 Å². The van der Waals surface area contributed by atoms with Crippen molar-refractivity contribution < 1.29 is 13.2 Å². The molecule has 2 heterocycles. The summed E-state index contributed by atoms with van der Waals surface area (Å²) in [7, 11) is -1.88. The van der Waals surface area contributed by atoms with Crippen LogP contribution in [-0.2, 0) is 17.1 Å². The predicted molar refractivity (Wildman–Crippen MR) is 116 cm³/mol.